The topological polar surface area (TPSA) is 45.2 Å². The Morgan fingerprint density at radius 3 is 3.13 bits per heavy atom. The normalized spacial score (nSPS) is 25.3. The summed E-state index contributed by atoms with van der Waals surface area (Å²) in [6.07, 6.45) is 8.72. The van der Waals surface area contributed by atoms with E-state index in [1.165, 1.54) is 18.4 Å². The van der Waals surface area contributed by atoms with Crippen molar-refractivity contribution in [2.45, 2.75) is 57.3 Å². The SMILES string of the molecule is O=C(CC1=CCCCC1)NC[C@@H]1C[C@H](F)CN1Cc1nccs1. The van der Waals surface area contributed by atoms with Crippen LogP contribution in [0.15, 0.2) is 23.2 Å². The largest absolute Gasteiger partial charge is 0.354 e. The van der Waals surface area contributed by atoms with Crippen molar-refractivity contribution in [3.8, 4) is 0 Å². The highest BCUT2D eigenvalue weighted by Gasteiger charge is 2.32. The molecular weight excluding hydrogens is 313 g/mol. The molecule has 1 aromatic rings. The lowest BCUT2D eigenvalue weighted by atomic mass is 9.97. The molecule has 0 saturated carbocycles. The average Bonchev–Trinajstić information content (AvgIpc) is 3.16. The van der Waals surface area contributed by atoms with E-state index in [4.69, 9.17) is 0 Å². The molecule has 0 radical (unpaired) electrons. The van der Waals surface area contributed by atoms with Crippen molar-refractivity contribution in [2.24, 2.45) is 0 Å². The third-order valence-electron chi connectivity index (χ3n) is 4.61. The maximum Gasteiger partial charge on any atom is 0.224 e. The van der Waals surface area contributed by atoms with Crippen LogP contribution in [0, 0.1) is 0 Å². The molecule has 1 amide bonds. The van der Waals surface area contributed by atoms with E-state index in [0.29, 0.717) is 32.5 Å². The molecule has 6 heteroatoms. The van der Waals surface area contributed by atoms with Crippen LogP contribution in [0.5, 0.6) is 0 Å². The second-order valence-electron chi connectivity index (χ2n) is 6.43. The van der Waals surface area contributed by atoms with Crippen LogP contribution in [0.2, 0.25) is 0 Å². The molecule has 1 saturated heterocycles. The van der Waals surface area contributed by atoms with Gasteiger partial charge < -0.3 is 5.32 Å². The second kappa shape index (κ2) is 8.02. The molecule has 4 nitrogen and oxygen atoms in total. The molecule has 3 rings (SSSR count). The van der Waals surface area contributed by atoms with E-state index in [9.17, 15) is 9.18 Å². The van der Waals surface area contributed by atoms with Crippen LogP contribution in [0.1, 0.15) is 43.5 Å². The number of nitrogens with zero attached hydrogens (tertiary/aromatic N) is 2. The average molecular weight is 337 g/mol. The molecule has 0 spiro atoms. The summed E-state index contributed by atoms with van der Waals surface area (Å²) < 4.78 is 13.8. The molecule has 2 heterocycles. The van der Waals surface area contributed by atoms with Crippen molar-refractivity contribution in [1.29, 1.82) is 0 Å². The maximum atomic E-state index is 13.8. The van der Waals surface area contributed by atoms with Gasteiger partial charge in [0.1, 0.15) is 11.2 Å². The van der Waals surface area contributed by atoms with Gasteiger partial charge in [-0.05, 0) is 32.1 Å². The lowest BCUT2D eigenvalue weighted by Crippen LogP contribution is -2.39. The first-order valence-corrected chi connectivity index (χ1v) is 9.30. The molecule has 2 atom stereocenters. The van der Waals surface area contributed by atoms with Gasteiger partial charge in [-0.1, -0.05) is 11.6 Å². The lowest BCUT2D eigenvalue weighted by Gasteiger charge is -2.23. The highest BCUT2D eigenvalue weighted by molar-refractivity contribution is 7.09. The van der Waals surface area contributed by atoms with Crippen molar-refractivity contribution < 1.29 is 9.18 Å². The molecular formula is C17H24FN3OS. The van der Waals surface area contributed by atoms with Crippen LogP contribution in [-0.2, 0) is 11.3 Å². The zero-order valence-electron chi connectivity index (χ0n) is 13.3. The first kappa shape index (κ1) is 16.6. The molecule has 0 bridgehead atoms. The van der Waals surface area contributed by atoms with Gasteiger partial charge in [0.05, 0.1) is 6.54 Å². The van der Waals surface area contributed by atoms with Crippen LogP contribution in [0.3, 0.4) is 0 Å². The number of hydrogen-bond acceptors (Lipinski definition) is 4. The predicted molar refractivity (Wildman–Crippen MR) is 90.0 cm³/mol. The summed E-state index contributed by atoms with van der Waals surface area (Å²) >= 11 is 1.59. The molecule has 126 valence electrons. The van der Waals surface area contributed by atoms with Crippen molar-refractivity contribution >= 4 is 17.2 Å². The monoisotopic (exact) mass is 337 g/mol. The van der Waals surface area contributed by atoms with Crippen LogP contribution in [0.4, 0.5) is 4.39 Å². The van der Waals surface area contributed by atoms with Gasteiger partial charge in [-0.3, -0.25) is 9.69 Å². The fourth-order valence-electron chi connectivity index (χ4n) is 3.40. The number of alkyl halides is 1. The smallest absolute Gasteiger partial charge is 0.224 e. The van der Waals surface area contributed by atoms with Crippen molar-refractivity contribution in [3.63, 3.8) is 0 Å². The zero-order chi connectivity index (χ0) is 16.1. The molecule has 2 aliphatic rings. The number of carbonyl (C=O) groups is 1. The van der Waals surface area contributed by atoms with Gasteiger partial charge in [-0.2, -0.15) is 0 Å². The predicted octanol–water partition coefficient (Wildman–Crippen LogP) is 3.06. The lowest BCUT2D eigenvalue weighted by molar-refractivity contribution is -0.120. The summed E-state index contributed by atoms with van der Waals surface area (Å²) in [4.78, 5) is 18.5. The van der Waals surface area contributed by atoms with Gasteiger partial charge in [0.2, 0.25) is 5.91 Å². The Bertz CT molecular complexity index is 546. The standard InChI is InChI=1S/C17H24FN3OS/c18-14-9-15(21(11-14)12-17-19-6-7-23-17)10-20-16(22)8-13-4-2-1-3-5-13/h4,6-7,14-15H,1-3,5,8-12H2,(H,20,22)/t14-,15-/m0/s1. The fraction of sp³-hybridized carbons (Fsp3) is 0.647. The fourth-order valence-corrected chi connectivity index (χ4v) is 4.04. The van der Waals surface area contributed by atoms with Crippen molar-refractivity contribution in [3.05, 3.63) is 28.2 Å². The van der Waals surface area contributed by atoms with E-state index < -0.39 is 6.17 Å². The summed E-state index contributed by atoms with van der Waals surface area (Å²) in [7, 11) is 0. The van der Waals surface area contributed by atoms with Gasteiger partial charge >= 0.3 is 0 Å². The van der Waals surface area contributed by atoms with E-state index in [-0.39, 0.29) is 11.9 Å². The van der Waals surface area contributed by atoms with Gasteiger partial charge in [0.15, 0.2) is 0 Å². The third kappa shape index (κ3) is 4.85. The Morgan fingerprint density at radius 1 is 1.48 bits per heavy atom. The van der Waals surface area contributed by atoms with E-state index in [1.54, 1.807) is 17.5 Å². The number of amides is 1. The minimum atomic E-state index is -0.807. The van der Waals surface area contributed by atoms with Crippen molar-refractivity contribution in [2.75, 3.05) is 13.1 Å². The summed E-state index contributed by atoms with van der Waals surface area (Å²) in [5.41, 5.74) is 1.25. The van der Waals surface area contributed by atoms with Crippen molar-refractivity contribution in [1.82, 2.24) is 15.2 Å². The Labute approximate surface area is 140 Å². The number of allylic oxidation sites excluding steroid dienone is 1. The highest BCUT2D eigenvalue weighted by atomic mass is 32.1. The minimum Gasteiger partial charge on any atom is -0.354 e. The first-order valence-electron chi connectivity index (χ1n) is 8.42. The van der Waals surface area contributed by atoms with E-state index in [0.717, 1.165) is 17.8 Å². The zero-order valence-corrected chi connectivity index (χ0v) is 14.2. The summed E-state index contributed by atoms with van der Waals surface area (Å²) in [5.74, 6) is 0.0645. The number of hydrogen-bond donors (Lipinski definition) is 1. The third-order valence-corrected chi connectivity index (χ3v) is 5.37. The molecule has 23 heavy (non-hydrogen) atoms. The Balaban J connectivity index is 1.47. The molecule has 1 fully saturated rings. The number of halogens is 1. The van der Waals surface area contributed by atoms with Crippen LogP contribution >= 0.6 is 11.3 Å². The summed E-state index contributed by atoms with van der Waals surface area (Å²) in [6.45, 7) is 1.63. The quantitative estimate of drug-likeness (QED) is 0.812. The second-order valence-corrected chi connectivity index (χ2v) is 7.41. The van der Waals surface area contributed by atoms with Gasteiger partial charge in [0, 0.05) is 37.1 Å². The van der Waals surface area contributed by atoms with Crippen LogP contribution in [0.25, 0.3) is 0 Å². The number of nitrogens with one attached hydrogen (secondary N) is 1. The highest BCUT2D eigenvalue weighted by Crippen LogP contribution is 2.23. The Hall–Kier alpha value is -1.27. The maximum absolute atomic E-state index is 13.8. The first-order chi connectivity index (χ1) is 11.2. The minimum absolute atomic E-state index is 0.0645. The Kier molecular flexibility index (Phi) is 5.78. The van der Waals surface area contributed by atoms with Gasteiger partial charge in [0.25, 0.3) is 0 Å². The van der Waals surface area contributed by atoms with Gasteiger partial charge in [-0.25, -0.2) is 9.37 Å². The van der Waals surface area contributed by atoms with E-state index >= 15 is 0 Å². The summed E-state index contributed by atoms with van der Waals surface area (Å²) in [5, 5.41) is 5.94. The van der Waals surface area contributed by atoms with Crippen LogP contribution < -0.4 is 5.32 Å². The number of thiazole rings is 1. The molecule has 0 aromatic carbocycles. The van der Waals surface area contributed by atoms with E-state index in [2.05, 4.69) is 21.3 Å². The Morgan fingerprint density at radius 2 is 2.39 bits per heavy atom. The van der Waals surface area contributed by atoms with Crippen LogP contribution in [-0.4, -0.2) is 41.1 Å². The molecule has 1 aliphatic carbocycles. The molecule has 1 N–H and O–H groups in total. The number of rotatable bonds is 6. The molecule has 0 unspecified atom stereocenters. The number of likely N-dealkylation sites (tertiary alicyclic amines) is 1. The van der Waals surface area contributed by atoms with Gasteiger partial charge in [-0.15, -0.1) is 11.3 Å². The van der Waals surface area contributed by atoms with E-state index in [1.807, 2.05) is 5.38 Å². The summed E-state index contributed by atoms with van der Waals surface area (Å²) in [6, 6.07) is 0.0678. The molecule has 1 aliphatic heterocycles. The molecule has 1 aromatic heterocycles. The number of aromatic nitrogens is 1. The number of carbonyl (C=O) groups excluding carboxylic acids is 1.